The van der Waals surface area contributed by atoms with Crippen LogP contribution in [0.1, 0.15) is 30.5 Å². The summed E-state index contributed by atoms with van der Waals surface area (Å²) in [5, 5.41) is 16.8. The molecule has 0 radical (unpaired) electrons. The fourth-order valence-corrected chi connectivity index (χ4v) is 3.37. The van der Waals surface area contributed by atoms with E-state index in [1.807, 2.05) is 6.92 Å². The topological polar surface area (TPSA) is 86.8 Å². The Balaban J connectivity index is 1.62. The van der Waals surface area contributed by atoms with Crippen molar-refractivity contribution in [2.45, 2.75) is 38.8 Å². The van der Waals surface area contributed by atoms with Crippen molar-refractivity contribution in [1.82, 2.24) is 19.7 Å². The number of likely N-dealkylation sites (tertiary alicyclic amines) is 1. The maximum atomic E-state index is 11.9. The lowest BCUT2D eigenvalue weighted by Gasteiger charge is -2.36. The molecule has 0 amide bonds. The molecule has 3 rings (SSSR count). The highest BCUT2D eigenvalue weighted by Crippen LogP contribution is 2.18. The molecule has 2 aromatic heterocycles. The van der Waals surface area contributed by atoms with Crippen molar-refractivity contribution in [2.24, 2.45) is 0 Å². The fraction of sp³-hybridized carbons (Fsp3) is 0.474. The van der Waals surface area contributed by atoms with Gasteiger partial charge in [0, 0.05) is 31.4 Å². The van der Waals surface area contributed by atoms with Crippen LogP contribution in [-0.4, -0.2) is 45.3 Å². The van der Waals surface area contributed by atoms with E-state index in [1.165, 1.54) is 12.8 Å². The Morgan fingerprint density at radius 2 is 2.19 bits per heavy atom. The van der Waals surface area contributed by atoms with Gasteiger partial charge in [0.2, 0.25) is 0 Å². The molecule has 1 fully saturated rings. The lowest BCUT2D eigenvalue weighted by atomic mass is 10.0. The van der Waals surface area contributed by atoms with Crippen LogP contribution in [0, 0.1) is 18.3 Å². The van der Waals surface area contributed by atoms with Crippen LogP contribution in [0.3, 0.4) is 0 Å². The molecule has 7 nitrogen and oxygen atoms in total. The van der Waals surface area contributed by atoms with Crippen molar-refractivity contribution in [3.05, 3.63) is 52.1 Å². The number of piperidine rings is 1. The van der Waals surface area contributed by atoms with E-state index in [2.05, 4.69) is 26.4 Å². The first kappa shape index (κ1) is 18.1. The summed E-state index contributed by atoms with van der Waals surface area (Å²) in [4.78, 5) is 18.6. The number of pyridine rings is 1. The molecular formula is C19H24N6O. The number of aromatic nitrogens is 3. The highest BCUT2D eigenvalue weighted by molar-refractivity contribution is 5.51. The highest BCUT2D eigenvalue weighted by atomic mass is 16.1. The largest absolute Gasteiger partial charge is 0.367 e. The summed E-state index contributed by atoms with van der Waals surface area (Å²) < 4.78 is 1.54. The zero-order chi connectivity index (χ0) is 18.4. The van der Waals surface area contributed by atoms with E-state index < -0.39 is 0 Å². The number of nitrogens with zero attached hydrogens (tertiary/aromatic N) is 5. The molecule has 1 saturated heterocycles. The zero-order valence-corrected chi connectivity index (χ0v) is 15.1. The smallest absolute Gasteiger partial charge is 0.266 e. The average molecular weight is 352 g/mol. The van der Waals surface area contributed by atoms with Gasteiger partial charge in [-0.25, -0.2) is 9.67 Å². The average Bonchev–Trinajstić information content (AvgIpc) is 2.68. The minimum absolute atomic E-state index is 0.0607. The number of nitrogens with one attached hydrogen (secondary N) is 1. The standard InChI is InChI=1S/C19H24N6O/c1-15-7-8-18(26)25(23-15)12-11-24-10-3-2-6-17(24)14-22-19-16(13-20)5-4-9-21-19/h4-5,7-9,17H,2-3,6,10-12,14H2,1H3,(H,21,22). The quantitative estimate of drug-likeness (QED) is 0.853. The Bertz CT molecular complexity index is 840. The summed E-state index contributed by atoms with van der Waals surface area (Å²) in [5.74, 6) is 0.636. The Morgan fingerprint density at radius 3 is 3.04 bits per heavy atom. The molecule has 0 bridgehead atoms. The van der Waals surface area contributed by atoms with Gasteiger partial charge >= 0.3 is 0 Å². The molecule has 1 unspecified atom stereocenters. The van der Waals surface area contributed by atoms with Gasteiger partial charge in [0.15, 0.2) is 0 Å². The number of aryl methyl sites for hydroxylation is 1. The molecule has 7 heteroatoms. The van der Waals surface area contributed by atoms with Gasteiger partial charge in [-0.1, -0.05) is 6.42 Å². The Hall–Kier alpha value is -2.72. The highest BCUT2D eigenvalue weighted by Gasteiger charge is 2.22. The third kappa shape index (κ3) is 4.46. The number of rotatable bonds is 6. The SMILES string of the molecule is Cc1ccc(=O)n(CCN2CCCCC2CNc2ncccc2C#N)n1. The van der Waals surface area contributed by atoms with Crippen molar-refractivity contribution in [2.75, 3.05) is 25.0 Å². The second-order valence-corrected chi connectivity index (χ2v) is 6.61. The monoisotopic (exact) mass is 352 g/mol. The summed E-state index contributed by atoms with van der Waals surface area (Å²) in [6.45, 7) is 5.02. The second-order valence-electron chi connectivity index (χ2n) is 6.61. The molecule has 3 heterocycles. The first-order valence-electron chi connectivity index (χ1n) is 9.05. The molecule has 1 aliphatic rings. The molecule has 1 aliphatic heterocycles. The third-order valence-corrected chi connectivity index (χ3v) is 4.78. The van der Waals surface area contributed by atoms with Gasteiger partial charge < -0.3 is 5.32 Å². The van der Waals surface area contributed by atoms with Gasteiger partial charge in [-0.3, -0.25) is 9.69 Å². The van der Waals surface area contributed by atoms with Gasteiger partial charge in [0.25, 0.3) is 5.56 Å². The first-order chi connectivity index (χ1) is 12.7. The van der Waals surface area contributed by atoms with Crippen molar-refractivity contribution in [3.63, 3.8) is 0 Å². The molecular weight excluding hydrogens is 328 g/mol. The molecule has 1 N–H and O–H groups in total. The van der Waals surface area contributed by atoms with Gasteiger partial charge in [-0.15, -0.1) is 0 Å². The van der Waals surface area contributed by atoms with E-state index in [9.17, 15) is 10.1 Å². The fourth-order valence-electron chi connectivity index (χ4n) is 3.37. The molecule has 0 spiro atoms. The van der Waals surface area contributed by atoms with E-state index in [4.69, 9.17) is 0 Å². The van der Waals surface area contributed by atoms with Crippen LogP contribution in [0.15, 0.2) is 35.3 Å². The van der Waals surface area contributed by atoms with Crippen molar-refractivity contribution in [3.8, 4) is 6.07 Å². The Labute approximate surface area is 153 Å². The zero-order valence-electron chi connectivity index (χ0n) is 15.1. The van der Waals surface area contributed by atoms with Crippen LogP contribution < -0.4 is 10.9 Å². The molecule has 26 heavy (non-hydrogen) atoms. The first-order valence-corrected chi connectivity index (χ1v) is 9.05. The molecule has 2 aromatic rings. The van der Waals surface area contributed by atoms with Crippen LogP contribution in [0.4, 0.5) is 5.82 Å². The minimum Gasteiger partial charge on any atom is -0.367 e. The lowest BCUT2D eigenvalue weighted by molar-refractivity contribution is 0.148. The van der Waals surface area contributed by atoms with Gasteiger partial charge in [-0.05, 0) is 44.5 Å². The van der Waals surface area contributed by atoms with Crippen LogP contribution in [-0.2, 0) is 6.54 Å². The summed E-state index contributed by atoms with van der Waals surface area (Å²) in [5.41, 5.74) is 1.35. The van der Waals surface area contributed by atoms with E-state index in [-0.39, 0.29) is 5.56 Å². The van der Waals surface area contributed by atoms with Crippen molar-refractivity contribution < 1.29 is 0 Å². The number of nitriles is 1. The Morgan fingerprint density at radius 1 is 1.31 bits per heavy atom. The second kappa shape index (κ2) is 8.59. The Kier molecular flexibility index (Phi) is 5.97. The predicted molar refractivity (Wildman–Crippen MR) is 99.9 cm³/mol. The molecule has 0 aliphatic carbocycles. The van der Waals surface area contributed by atoms with Crippen molar-refractivity contribution >= 4 is 5.82 Å². The van der Waals surface area contributed by atoms with Crippen LogP contribution in [0.25, 0.3) is 0 Å². The number of hydrogen-bond acceptors (Lipinski definition) is 6. The van der Waals surface area contributed by atoms with Gasteiger partial charge in [-0.2, -0.15) is 10.4 Å². The van der Waals surface area contributed by atoms with E-state index in [0.717, 1.165) is 31.7 Å². The molecule has 0 saturated carbocycles. The van der Waals surface area contributed by atoms with Crippen LogP contribution in [0.2, 0.25) is 0 Å². The van der Waals surface area contributed by atoms with Gasteiger partial charge in [0.05, 0.1) is 17.8 Å². The predicted octanol–water partition coefficient (Wildman–Crippen LogP) is 1.78. The molecule has 1 atom stereocenters. The van der Waals surface area contributed by atoms with E-state index in [0.29, 0.717) is 24.0 Å². The van der Waals surface area contributed by atoms with Gasteiger partial charge in [0.1, 0.15) is 11.9 Å². The molecule has 0 aromatic carbocycles. The summed E-state index contributed by atoms with van der Waals surface area (Å²) >= 11 is 0. The normalized spacial score (nSPS) is 17.6. The van der Waals surface area contributed by atoms with Crippen LogP contribution in [0.5, 0.6) is 0 Å². The maximum absolute atomic E-state index is 11.9. The summed E-state index contributed by atoms with van der Waals surface area (Å²) in [6, 6.07) is 9.38. The number of anilines is 1. The summed E-state index contributed by atoms with van der Waals surface area (Å²) in [7, 11) is 0. The minimum atomic E-state index is -0.0607. The van der Waals surface area contributed by atoms with E-state index in [1.54, 1.807) is 35.1 Å². The molecule has 136 valence electrons. The maximum Gasteiger partial charge on any atom is 0.266 e. The van der Waals surface area contributed by atoms with E-state index >= 15 is 0 Å². The lowest BCUT2D eigenvalue weighted by Crippen LogP contribution is -2.45. The summed E-state index contributed by atoms with van der Waals surface area (Å²) in [6.07, 6.45) is 5.15. The number of hydrogen-bond donors (Lipinski definition) is 1. The third-order valence-electron chi connectivity index (χ3n) is 4.78. The van der Waals surface area contributed by atoms with Crippen molar-refractivity contribution in [1.29, 1.82) is 5.26 Å². The van der Waals surface area contributed by atoms with Crippen LogP contribution >= 0.6 is 0 Å².